The van der Waals surface area contributed by atoms with Crippen LogP contribution in [0, 0.1) is 0 Å². The van der Waals surface area contributed by atoms with Crippen molar-refractivity contribution in [3.63, 3.8) is 0 Å². The molecule has 72 valence electrons. The quantitative estimate of drug-likeness (QED) is 0.485. The van der Waals surface area contributed by atoms with Gasteiger partial charge < -0.3 is 5.11 Å². The first-order chi connectivity index (χ1) is 5.07. The largest absolute Gasteiger partial charge is 0.503 e. The van der Waals surface area contributed by atoms with Crippen LogP contribution in [-0.2, 0) is 0 Å². The summed E-state index contributed by atoms with van der Waals surface area (Å²) in [7, 11) is 0. The van der Waals surface area contributed by atoms with Crippen molar-refractivity contribution in [1.82, 2.24) is 0 Å². The monoisotopic (exact) mass is 214 g/mol. The Morgan fingerprint density at radius 2 is 1.25 bits per heavy atom. The number of allylic oxidation sites excluding steroid dienone is 2. The predicted octanol–water partition coefficient (Wildman–Crippen LogP) is 3.12. The molecule has 0 aromatic rings. The smallest absolute Gasteiger partial charge is 0.450 e. The topological polar surface area (TPSA) is 20.2 Å². The third-order valence-corrected chi connectivity index (χ3v) is 1.12. The van der Waals surface area contributed by atoms with Crippen LogP contribution in [0.4, 0.5) is 26.3 Å². The molecular weight excluding hydrogens is 213 g/mol. The van der Waals surface area contributed by atoms with E-state index in [9.17, 15) is 26.3 Å². The average molecular weight is 214 g/mol. The summed E-state index contributed by atoms with van der Waals surface area (Å²) in [4.78, 5) is 0. The molecule has 0 aromatic carbocycles. The number of hydrogen-bond acceptors (Lipinski definition) is 1. The van der Waals surface area contributed by atoms with E-state index in [2.05, 4.69) is 11.6 Å². The third kappa shape index (κ3) is 2.80. The second kappa shape index (κ2) is 3.04. The van der Waals surface area contributed by atoms with Gasteiger partial charge in [0.2, 0.25) is 5.76 Å². The highest BCUT2D eigenvalue weighted by Gasteiger charge is 2.45. The Morgan fingerprint density at radius 1 is 0.917 bits per heavy atom. The van der Waals surface area contributed by atoms with Crippen LogP contribution in [0.15, 0.2) is 10.8 Å². The van der Waals surface area contributed by atoms with Gasteiger partial charge >= 0.3 is 12.4 Å². The van der Waals surface area contributed by atoms with E-state index in [-0.39, 0.29) is 0 Å². The summed E-state index contributed by atoms with van der Waals surface area (Å²) < 4.78 is 68.2. The summed E-state index contributed by atoms with van der Waals surface area (Å²) in [5.41, 5.74) is 0. The fraction of sp³-hybridized carbons (Fsp3) is 0.500. The second-order valence-corrected chi connectivity index (χ2v) is 2.04. The molecule has 0 atom stereocenters. The van der Waals surface area contributed by atoms with Gasteiger partial charge in [0.1, 0.15) is 0 Å². The van der Waals surface area contributed by atoms with Crippen LogP contribution in [-0.4, -0.2) is 17.5 Å². The van der Waals surface area contributed by atoms with Crippen LogP contribution in [0.5, 0.6) is 0 Å². The summed E-state index contributed by atoms with van der Waals surface area (Å²) in [5.74, 6) is -2.84. The number of alkyl halides is 6. The Balaban J connectivity index is 4.96. The SMILES string of the molecule is OC(=C(Cl)C(F)(F)F)C(F)(F)F. The van der Waals surface area contributed by atoms with E-state index in [0.29, 0.717) is 0 Å². The Labute approximate surface area is 67.2 Å². The Hall–Kier alpha value is -0.590. The van der Waals surface area contributed by atoms with E-state index in [0.717, 1.165) is 0 Å². The Bertz CT molecular complexity index is 179. The van der Waals surface area contributed by atoms with E-state index < -0.39 is 23.1 Å². The van der Waals surface area contributed by atoms with Gasteiger partial charge in [0.15, 0.2) is 5.03 Å². The van der Waals surface area contributed by atoms with E-state index in [1.807, 2.05) is 0 Å². The number of rotatable bonds is 0. The number of aliphatic hydroxyl groups excluding tert-OH is 1. The highest BCUT2D eigenvalue weighted by molar-refractivity contribution is 6.30. The molecule has 0 radical (unpaired) electrons. The lowest BCUT2D eigenvalue weighted by Crippen LogP contribution is -2.19. The van der Waals surface area contributed by atoms with Crippen molar-refractivity contribution in [1.29, 1.82) is 0 Å². The summed E-state index contributed by atoms with van der Waals surface area (Å²) in [5, 5.41) is 5.32. The predicted molar refractivity (Wildman–Crippen MR) is 27.6 cm³/mol. The molecular formula is C4HClF6O. The van der Waals surface area contributed by atoms with E-state index in [1.165, 1.54) is 0 Å². The molecule has 0 bridgehead atoms. The molecule has 0 heterocycles. The molecule has 0 aromatic heterocycles. The lowest BCUT2D eigenvalue weighted by atomic mass is 10.4. The molecule has 0 amide bonds. The fourth-order valence-corrected chi connectivity index (χ4v) is 0.366. The van der Waals surface area contributed by atoms with Crippen LogP contribution in [0.2, 0.25) is 0 Å². The van der Waals surface area contributed by atoms with Gasteiger partial charge in [0.05, 0.1) is 0 Å². The van der Waals surface area contributed by atoms with Gasteiger partial charge in [-0.3, -0.25) is 0 Å². The molecule has 0 aliphatic heterocycles. The molecule has 0 aliphatic rings. The normalized spacial score (nSPS) is 15.9. The van der Waals surface area contributed by atoms with Crippen molar-refractivity contribution in [3.05, 3.63) is 10.8 Å². The highest BCUT2D eigenvalue weighted by Crippen LogP contribution is 2.36. The molecule has 0 spiro atoms. The molecule has 0 unspecified atom stereocenters. The van der Waals surface area contributed by atoms with Crippen molar-refractivity contribution >= 4 is 11.6 Å². The molecule has 0 saturated heterocycles. The van der Waals surface area contributed by atoms with E-state index in [4.69, 9.17) is 5.11 Å². The molecule has 0 saturated carbocycles. The van der Waals surface area contributed by atoms with Gasteiger partial charge in [0.25, 0.3) is 0 Å². The number of hydrogen-bond donors (Lipinski definition) is 1. The average Bonchev–Trinajstić information content (AvgIpc) is 1.80. The highest BCUT2D eigenvalue weighted by atomic mass is 35.5. The van der Waals surface area contributed by atoms with Gasteiger partial charge in [0, 0.05) is 0 Å². The van der Waals surface area contributed by atoms with Crippen molar-refractivity contribution < 1.29 is 31.4 Å². The van der Waals surface area contributed by atoms with E-state index in [1.54, 1.807) is 0 Å². The lowest BCUT2D eigenvalue weighted by molar-refractivity contribution is -0.134. The summed E-state index contributed by atoms with van der Waals surface area (Å²) in [6.07, 6.45) is -10.9. The van der Waals surface area contributed by atoms with E-state index >= 15 is 0 Å². The maximum atomic E-state index is 11.4. The van der Waals surface area contributed by atoms with Gasteiger partial charge in [-0.1, -0.05) is 11.6 Å². The van der Waals surface area contributed by atoms with Crippen LogP contribution < -0.4 is 0 Å². The molecule has 0 rings (SSSR count). The van der Waals surface area contributed by atoms with Gasteiger partial charge in [-0.15, -0.1) is 0 Å². The van der Waals surface area contributed by atoms with Gasteiger partial charge in [-0.2, -0.15) is 26.3 Å². The zero-order valence-corrected chi connectivity index (χ0v) is 5.85. The van der Waals surface area contributed by atoms with Crippen LogP contribution in [0.3, 0.4) is 0 Å². The van der Waals surface area contributed by atoms with Crippen molar-refractivity contribution in [2.75, 3.05) is 0 Å². The van der Waals surface area contributed by atoms with Gasteiger partial charge in [-0.25, -0.2) is 0 Å². The van der Waals surface area contributed by atoms with Crippen LogP contribution in [0.1, 0.15) is 0 Å². The summed E-state index contributed by atoms with van der Waals surface area (Å²) in [6.45, 7) is 0. The van der Waals surface area contributed by atoms with Crippen LogP contribution in [0.25, 0.3) is 0 Å². The third-order valence-electron chi connectivity index (χ3n) is 0.725. The van der Waals surface area contributed by atoms with Gasteiger partial charge in [-0.05, 0) is 0 Å². The van der Waals surface area contributed by atoms with Crippen LogP contribution >= 0.6 is 11.6 Å². The molecule has 1 N–H and O–H groups in total. The molecule has 0 fully saturated rings. The summed E-state index contributed by atoms with van der Waals surface area (Å²) >= 11 is 4.18. The Kier molecular flexibility index (Phi) is 2.89. The Morgan fingerprint density at radius 3 is 1.33 bits per heavy atom. The standard InChI is InChI=1S/C4HClF6O/c5-1(3(6,7)8)2(12)4(9,10)11/h12H. The zero-order valence-electron chi connectivity index (χ0n) is 5.09. The number of aliphatic hydroxyl groups is 1. The van der Waals surface area contributed by atoms with Crippen molar-refractivity contribution in [2.45, 2.75) is 12.4 Å². The first-order valence-electron chi connectivity index (χ1n) is 2.30. The minimum absolute atomic E-state index is 2.57. The maximum Gasteiger partial charge on any atom is 0.450 e. The molecule has 8 heteroatoms. The first kappa shape index (κ1) is 11.4. The molecule has 1 nitrogen and oxygen atoms in total. The van der Waals surface area contributed by atoms with Crippen molar-refractivity contribution in [2.24, 2.45) is 0 Å². The lowest BCUT2D eigenvalue weighted by Gasteiger charge is -2.09. The maximum absolute atomic E-state index is 11.4. The second-order valence-electron chi connectivity index (χ2n) is 1.66. The zero-order chi connectivity index (χ0) is 10.2. The fourth-order valence-electron chi connectivity index (χ4n) is 0.259. The van der Waals surface area contributed by atoms with Crippen molar-refractivity contribution in [3.8, 4) is 0 Å². The molecule has 12 heavy (non-hydrogen) atoms. The molecule has 0 aliphatic carbocycles. The number of halogens is 7. The minimum Gasteiger partial charge on any atom is -0.503 e. The minimum atomic E-state index is -5.48. The first-order valence-corrected chi connectivity index (χ1v) is 2.67. The summed E-state index contributed by atoms with van der Waals surface area (Å²) in [6, 6.07) is 0.